The van der Waals surface area contributed by atoms with Gasteiger partial charge in [-0.25, -0.2) is 0 Å². The van der Waals surface area contributed by atoms with Gasteiger partial charge in [-0.05, 0) is 32.1 Å². The summed E-state index contributed by atoms with van der Waals surface area (Å²) in [6.45, 7) is 5.00. The van der Waals surface area contributed by atoms with Crippen LogP contribution in [-0.2, 0) is 14.3 Å². The predicted molar refractivity (Wildman–Crippen MR) is 67.3 cm³/mol. The number of likely N-dealkylation sites (tertiary alicyclic amines) is 1. The standard InChI is InChI=1S/C13H23NO4/c1-4-13(2,18-3)12(17)14-7-5-10(6-8-14)9-11(15)16/h10H,4-9H2,1-3H3,(H,15,16). The molecular weight excluding hydrogens is 234 g/mol. The SMILES string of the molecule is CCC(C)(OC)C(=O)N1CCC(CC(=O)O)CC1. The maximum Gasteiger partial charge on any atom is 0.303 e. The van der Waals surface area contributed by atoms with Crippen LogP contribution in [0.4, 0.5) is 0 Å². The van der Waals surface area contributed by atoms with Crippen molar-refractivity contribution in [1.29, 1.82) is 0 Å². The van der Waals surface area contributed by atoms with E-state index in [0.717, 1.165) is 12.8 Å². The third kappa shape index (κ3) is 3.45. The van der Waals surface area contributed by atoms with Gasteiger partial charge in [0.2, 0.25) is 0 Å². The number of rotatable bonds is 5. The van der Waals surface area contributed by atoms with Crippen molar-refractivity contribution in [3.8, 4) is 0 Å². The molecule has 1 fully saturated rings. The van der Waals surface area contributed by atoms with E-state index in [1.807, 2.05) is 6.92 Å². The fourth-order valence-electron chi connectivity index (χ4n) is 2.30. The molecule has 0 bridgehead atoms. The van der Waals surface area contributed by atoms with Gasteiger partial charge in [0.25, 0.3) is 5.91 Å². The van der Waals surface area contributed by atoms with E-state index in [0.29, 0.717) is 19.5 Å². The van der Waals surface area contributed by atoms with E-state index >= 15 is 0 Å². The predicted octanol–water partition coefficient (Wildman–Crippen LogP) is 1.51. The Hall–Kier alpha value is -1.10. The summed E-state index contributed by atoms with van der Waals surface area (Å²) < 4.78 is 5.31. The molecule has 1 aliphatic rings. The van der Waals surface area contributed by atoms with Gasteiger partial charge in [-0.1, -0.05) is 6.92 Å². The topological polar surface area (TPSA) is 66.8 Å². The van der Waals surface area contributed by atoms with Crippen LogP contribution in [0.1, 0.15) is 39.5 Å². The molecule has 1 atom stereocenters. The highest BCUT2D eigenvalue weighted by Gasteiger charge is 2.36. The van der Waals surface area contributed by atoms with Gasteiger partial charge in [0.1, 0.15) is 5.60 Å². The van der Waals surface area contributed by atoms with Crippen LogP contribution in [0.5, 0.6) is 0 Å². The minimum absolute atomic E-state index is 0.0151. The summed E-state index contributed by atoms with van der Waals surface area (Å²) in [5.74, 6) is -0.543. The molecular formula is C13H23NO4. The van der Waals surface area contributed by atoms with Gasteiger partial charge < -0.3 is 14.7 Å². The minimum Gasteiger partial charge on any atom is -0.481 e. The summed E-state index contributed by atoms with van der Waals surface area (Å²) in [7, 11) is 1.55. The highest BCUT2D eigenvalue weighted by molar-refractivity contribution is 5.84. The van der Waals surface area contributed by atoms with E-state index in [1.165, 1.54) is 0 Å². The Morgan fingerprint density at radius 3 is 2.33 bits per heavy atom. The van der Waals surface area contributed by atoms with Crippen molar-refractivity contribution < 1.29 is 19.4 Å². The van der Waals surface area contributed by atoms with Crippen molar-refractivity contribution in [3.63, 3.8) is 0 Å². The molecule has 1 rings (SSSR count). The molecule has 1 unspecified atom stereocenters. The van der Waals surface area contributed by atoms with Crippen LogP contribution in [0.2, 0.25) is 0 Å². The van der Waals surface area contributed by atoms with Crippen molar-refractivity contribution in [1.82, 2.24) is 4.90 Å². The zero-order chi connectivity index (χ0) is 13.8. The quantitative estimate of drug-likeness (QED) is 0.810. The molecule has 5 nitrogen and oxygen atoms in total. The van der Waals surface area contributed by atoms with E-state index in [-0.39, 0.29) is 18.2 Å². The Labute approximate surface area is 108 Å². The normalized spacial score (nSPS) is 20.5. The van der Waals surface area contributed by atoms with Gasteiger partial charge in [-0.3, -0.25) is 9.59 Å². The summed E-state index contributed by atoms with van der Waals surface area (Å²) in [4.78, 5) is 24.7. The Balaban J connectivity index is 2.52. The van der Waals surface area contributed by atoms with E-state index in [4.69, 9.17) is 9.84 Å². The van der Waals surface area contributed by atoms with Crippen LogP contribution in [0, 0.1) is 5.92 Å². The highest BCUT2D eigenvalue weighted by Crippen LogP contribution is 2.24. The second-order valence-corrected chi connectivity index (χ2v) is 5.12. The molecule has 18 heavy (non-hydrogen) atoms. The molecule has 1 aliphatic heterocycles. The highest BCUT2D eigenvalue weighted by atomic mass is 16.5. The molecule has 0 aromatic heterocycles. The summed E-state index contributed by atoms with van der Waals surface area (Å²) in [6, 6.07) is 0. The summed E-state index contributed by atoms with van der Waals surface area (Å²) in [5, 5.41) is 8.75. The fourth-order valence-corrected chi connectivity index (χ4v) is 2.30. The van der Waals surface area contributed by atoms with Crippen LogP contribution in [0.3, 0.4) is 0 Å². The number of carboxylic acid groups (broad SMARTS) is 1. The van der Waals surface area contributed by atoms with E-state index in [2.05, 4.69) is 0 Å². The molecule has 1 amide bonds. The number of aliphatic carboxylic acids is 1. The Morgan fingerprint density at radius 2 is 1.94 bits per heavy atom. The average molecular weight is 257 g/mol. The van der Waals surface area contributed by atoms with Gasteiger partial charge in [0.15, 0.2) is 0 Å². The van der Waals surface area contributed by atoms with E-state index < -0.39 is 11.6 Å². The fraction of sp³-hybridized carbons (Fsp3) is 0.846. The van der Waals surface area contributed by atoms with Gasteiger partial charge in [-0.2, -0.15) is 0 Å². The molecule has 0 aromatic carbocycles. The molecule has 0 aliphatic carbocycles. The number of carbonyl (C=O) groups is 2. The summed E-state index contributed by atoms with van der Waals surface area (Å²) >= 11 is 0. The van der Waals surface area contributed by atoms with E-state index in [1.54, 1.807) is 18.9 Å². The van der Waals surface area contributed by atoms with Crippen molar-refractivity contribution in [3.05, 3.63) is 0 Å². The number of amides is 1. The largest absolute Gasteiger partial charge is 0.481 e. The Kier molecular flexibility index (Phi) is 5.14. The molecule has 104 valence electrons. The lowest BCUT2D eigenvalue weighted by molar-refractivity contribution is -0.155. The minimum atomic E-state index is -0.755. The van der Waals surface area contributed by atoms with E-state index in [9.17, 15) is 9.59 Å². The number of ether oxygens (including phenoxy) is 1. The monoisotopic (exact) mass is 257 g/mol. The van der Waals surface area contributed by atoms with Crippen molar-refractivity contribution in [2.24, 2.45) is 5.92 Å². The zero-order valence-electron chi connectivity index (χ0n) is 11.4. The maximum atomic E-state index is 12.3. The lowest BCUT2D eigenvalue weighted by Gasteiger charge is -2.37. The molecule has 0 radical (unpaired) electrons. The number of hydrogen-bond donors (Lipinski definition) is 1. The third-order valence-electron chi connectivity index (χ3n) is 3.94. The van der Waals surface area contributed by atoms with Crippen LogP contribution < -0.4 is 0 Å². The number of carbonyl (C=O) groups excluding carboxylic acids is 1. The lowest BCUT2D eigenvalue weighted by atomic mass is 9.92. The van der Waals surface area contributed by atoms with Crippen molar-refractivity contribution in [2.45, 2.75) is 45.1 Å². The van der Waals surface area contributed by atoms with Gasteiger partial charge in [0.05, 0.1) is 0 Å². The van der Waals surface area contributed by atoms with Crippen LogP contribution in [0.15, 0.2) is 0 Å². The molecule has 1 heterocycles. The first kappa shape index (κ1) is 15.0. The molecule has 0 aromatic rings. The first-order chi connectivity index (χ1) is 8.42. The first-order valence-electron chi connectivity index (χ1n) is 6.49. The van der Waals surface area contributed by atoms with Crippen molar-refractivity contribution in [2.75, 3.05) is 20.2 Å². The van der Waals surface area contributed by atoms with Gasteiger partial charge in [0, 0.05) is 26.6 Å². The second-order valence-electron chi connectivity index (χ2n) is 5.12. The number of methoxy groups -OCH3 is 1. The molecule has 0 saturated carbocycles. The summed E-state index contributed by atoms with van der Waals surface area (Å²) in [6.07, 6.45) is 2.37. The molecule has 1 N–H and O–H groups in total. The molecule has 1 saturated heterocycles. The molecule has 0 spiro atoms. The lowest BCUT2D eigenvalue weighted by Crippen LogP contribution is -2.50. The third-order valence-corrected chi connectivity index (χ3v) is 3.94. The zero-order valence-corrected chi connectivity index (χ0v) is 11.4. The van der Waals surface area contributed by atoms with Gasteiger partial charge >= 0.3 is 5.97 Å². The van der Waals surface area contributed by atoms with Crippen LogP contribution in [0.25, 0.3) is 0 Å². The number of hydrogen-bond acceptors (Lipinski definition) is 3. The van der Waals surface area contributed by atoms with Crippen LogP contribution >= 0.6 is 0 Å². The number of carboxylic acids is 1. The first-order valence-corrected chi connectivity index (χ1v) is 6.49. The smallest absolute Gasteiger partial charge is 0.303 e. The number of piperidine rings is 1. The van der Waals surface area contributed by atoms with Gasteiger partial charge in [-0.15, -0.1) is 0 Å². The maximum absolute atomic E-state index is 12.3. The Morgan fingerprint density at radius 1 is 1.39 bits per heavy atom. The summed E-state index contributed by atoms with van der Waals surface area (Å²) in [5.41, 5.74) is -0.750. The molecule has 5 heteroatoms. The second kappa shape index (κ2) is 6.18. The van der Waals surface area contributed by atoms with Crippen molar-refractivity contribution >= 4 is 11.9 Å². The average Bonchev–Trinajstić information content (AvgIpc) is 2.37. The Bertz CT molecular complexity index is 304. The van der Waals surface area contributed by atoms with Crippen LogP contribution in [-0.4, -0.2) is 47.7 Å². The number of nitrogens with zero attached hydrogens (tertiary/aromatic N) is 1.